The first-order valence-electron chi connectivity index (χ1n) is 5.85. The molecule has 0 aliphatic heterocycles. The van der Waals surface area contributed by atoms with Crippen molar-refractivity contribution in [2.24, 2.45) is 0 Å². The van der Waals surface area contributed by atoms with Crippen molar-refractivity contribution in [1.29, 1.82) is 0 Å². The van der Waals surface area contributed by atoms with Gasteiger partial charge >= 0.3 is 0 Å². The van der Waals surface area contributed by atoms with Gasteiger partial charge in [-0.3, -0.25) is 9.55 Å². The molecule has 1 N–H and O–H groups in total. The minimum absolute atomic E-state index is 0.514. The Hall–Kier alpha value is -2.48. The number of hydrogen-bond acceptors (Lipinski definition) is 7. The molecular weight excluding hydrogens is 274 g/mol. The van der Waals surface area contributed by atoms with E-state index in [1.807, 2.05) is 12.1 Å². The standard InChI is InChI=1S/C12H11N7S/c1-13-10-16-11(19-7-6-15-8-19)18-12(17-10)20-9-2-4-14-5-3-9/h2-8H,1H3,(H,13,16,17,18). The predicted molar refractivity (Wildman–Crippen MR) is 74.9 cm³/mol. The van der Waals surface area contributed by atoms with E-state index in [9.17, 15) is 0 Å². The molecule has 0 aliphatic rings. The van der Waals surface area contributed by atoms with Crippen molar-refractivity contribution in [3.05, 3.63) is 43.2 Å². The number of hydrogen-bond donors (Lipinski definition) is 1. The molecule has 0 spiro atoms. The molecule has 3 aromatic heterocycles. The van der Waals surface area contributed by atoms with Crippen LogP contribution < -0.4 is 5.32 Å². The van der Waals surface area contributed by atoms with Crippen LogP contribution in [0.4, 0.5) is 5.95 Å². The first-order chi connectivity index (χ1) is 9.85. The van der Waals surface area contributed by atoms with Crippen LogP contribution in [-0.2, 0) is 0 Å². The van der Waals surface area contributed by atoms with E-state index in [1.54, 1.807) is 42.7 Å². The van der Waals surface area contributed by atoms with Gasteiger partial charge in [0.25, 0.3) is 0 Å². The van der Waals surface area contributed by atoms with Gasteiger partial charge in [0.1, 0.15) is 6.33 Å². The molecule has 0 radical (unpaired) electrons. The number of rotatable bonds is 4. The number of aromatic nitrogens is 6. The maximum Gasteiger partial charge on any atom is 0.240 e. The van der Waals surface area contributed by atoms with Crippen LogP contribution in [0.25, 0.3) is 5.95 Å². The molecule has 0 saturated carbocycles. The zero-order chi connectivity index (χ0) is 13.8. The normalized spacial score (nSPS) is 10.4. The zero-order valence-electron chi connectivity index (χ0n) is 10.6. The van der Waals surface area contributed by atoms with Crippen LogP contribution >= 0.6 is 11.8 Å². The Morgan fingerprint density at radius 3 is 2.60 bits per heavy atom. The highest BCUT2D eigenvalue weighted by molar-refractivity contribution is 7.99. The van der Waals surface area contributed by atoms with E-state index >= 15 is 0 Å². The summed E-state index contributed by atoms with van der Waals surface area (Å²) in [5.74, 6) is 1.04. The molecule has 3 rings (SSSR count). The van der Waals surface area contributed by atoms with E-state index in [4.69, 9.17) is 0 Å². The van der Waals surface area contributed by atoms with Gasteiger partial charge in [-0.1, -0.05) is 0 Å². The second kappa shape index (κ2) is 5.66. The van der Waals surface area contributed by atoms with Crippen molar-refractivity contribution in [1.82, 2.24) is 29.5 Å². The number of nitrogens with one attached hydrogen (secondary N) is 1. The van der Waals surface area contributed by atoms with Crippen LogP contribution in [0.1, 0.15) is 0 Å². The molecule has 0 unspecified atom stereocenters. The molecule has 0 fully saturated rings. The Labute approximate surface area is 119 Å². The van der Waals surface area contributed by atoms with Crippen LogP contribution in [0.15, 0.2) is 53.3 Å². The number of anilines is 1. The summed E-state index contributed by atoms with van der Waals surface area (Å²) >= 11 is 1.45. The first kappa shape index (κ1) is 12.5. The van der Waals surface area contributed by atoms with Gasteiger partial charge in [0.15, 0.2) is 5.16 Å². The molecule has 100 valence electrons. The predicted octanol–water partition coefficient (Wildman–Crippen LogP) is 1.65. The summed E-state index contributed by atoms with van der Waals surface area (Å²) in [6, 6.07) is 3.81. The molecule has 3 aromatic rings. The first-order valence-corrected chi connectivity index (χ1v) is 6.67. The van der Waals surface area contributed by atoms with Gasteiger partial charge in [0.05, 0.1) is 0 Å². The number of pyridine rings is 1. The van der Waals surface area contributed by atoms with Crippen LogP contribution in [0, 0.1) is 0 Å². The van der Waals surface area contributed by atoms with Gasteiger partial charge in [0.2, 0.25) is 11.9 Å². The maximum absolute atomic E-state index is 4.42. The van der Waals surface area contributed by atoms with Crippen LogP contribution in [0.3, 0.4) is 0 Å². The summed E-state index contributed by atoms with van der Waals surface area (Å²) in [6.45, 7) is 0. The summed E-state index contributed by atoms with van der Waals surface area (Å²) in [5.41, 5.74) is 0. The fourth-order valence-corrected chi connectivity index (χ4v) is 2.24. The lowest BCUT2D eigenvalue weighted by atomic mass is 10.5. The van der Waals surface area contributed by atoms with E-state index in [1.165, 1.54) is 11.8 Å². The lowest BCUT2D eigenvalue weighted by molar-refractivity contribution is 0.828. The van der Waals surface area contributed by atoms with Gasteiger partial charge < -0.3 is 5.32 Å². The van der Waals surface area contributed by atoms with Gasteiger partial charge in [-0.2, -0.15) is 15.0 Å². The van der Waals surface area contributed by atoms with E-state index < -0.39 is 0 Å². The number of imidazole rings is 1. The maximum atomic E-state index is 4.42. The minimum atomic E-state index is 0.514. The Bertz CT molecular complexity index is 684. The summed E-state index contributed by atoms with van der Waals surface area (Å²) in [4.78, 5) is 22.1. The lowest BCUT2D eigenvalue weighted by Crippen LogP contribution is -2.06. The highest BCUT2D eigenvalue weighted by atomic mass is 32.2. The smallest absolute Gasteiger partial charge is 0.240 e. The van der Waals surface area contributed by atoms with E-state index in [0.717, 1.165) is 4.90 Å². The Balaban J connectivity index is 1.96. The largest absolute Gasteiger partial charge is 0.357 e. The molecule has 3 heterocycles. The van der Waals surface area contributed by atoms with Crippen LogP contribution in [-0.4, -0.2) is 36.5 Å². The lowest BCUT2D eigenvalue weighted by Gasteiger charge is -2.06. The summed E-state index contributed by atoms with van der Waals surface area (Å²) in [6.07, 6.45) is 8.59. The van der Waals surface area contributed by atoms with Crippen molar-refractivity contribution in [3.8, 4) is 5.95 Å². The molecule has 20 heavy (non-hydrogen) atoms. The molecule has 0 saturated heterocycles. The van der Waals surface area contributed by atoms with Crippen LogP contribution in [0.2, 0.25) is 0 Å². The van der Waals surface area contributed by atoms with Gasteiger partial charge in [0, 0.05) is 36.7 Å². The van der Waals surface area contributed by atoms with E-state index in [2.05, 4.69) is 30.2 Å². The summed E-state index contributed by atoms with van der Waals surface area (Å²) in [7, 11) is 1.77. The molecule has 8 heteroatoms. The minimum Gasteiger partial charge on any atom is -0.357 e. The second-order valence-corrected chi connectivity index (χ2v) is 4.79. The van der Waals surface area contributed by atoms with E-state index in [0.29, 0.717) is 17.1 Å². The summed E-state index contributed by atoms with van der Waals surface area (Å²) in [5, 5.41) is 3.54. The monoisotopic (exact) mass is 285 g/mol. The fourth-order valence-electron chi connectivity index (χ4n) is 1.51. The highest BCUT2D eigenvalue weighted by Crippen LogP contribution is 2.24. The summed E-state index contributed by atoms with van der Waals surface area (Å²) < 4.78 is 1.74. The second-order valence-electron chi connectivity index (χ2n) is 3.75. The fraction of sp³-hybridized carbons (Fsp3) is 0.0833. The SMILES string of the molecule is CNc1nc(Sc2ccncc2)nc(-n2ccnc2)n1. The third kappa shape index (κ3) is 2.75. The average Bonchev–Trinajstić information content (AvgIpc) is 3.02. The van der Waals surface area contributed by atoms with Gasteiger partial charge in [-0.15, -0.1) is 0 Å². The Morgan fingerprint density at radius 1 is 1.05 bits per heavy atom. The average molecular weight is 285 g/mol. The topological polar surface area (TPSA) is 81.4 Å². The molecule has 0 aromatic carbocycles. The molecule has 0 amide bonds. The molecule has 0 aliphatic carbocycles. The molecular formula is C12H11N7S. The van der Waals surface area contributed by atoms with Crippen LogP contribution in [0.5, 0.6) is 0 Å². The van der Waals surface area contributed by atoms with Gasteiger partial charge in [-0.05, 0) is 23.9 Å². The zero-order valence-corrected chi connectivity index (χ0v) is 11.4. The highest BCUT2D eigenvalue weighted by Gasteiger charge is 2.08. The molecule has 0 atom stereocenters. The van der Waals surface area contributed by atoms with Crippen molar-refractivity contribution >= 4 is 17.7 Å². The third-order valence-electron chi connectivity index (χ3n) is 2.42. The van der Waals surface area contributed by atoms with Crippen molar-refractivity contribution in [2.75, 3.05) is 12.4 Å². The number of nitrogens with zero attached hydrogens (tertiary/aromatic N) is 6. The molecule has 0 bridgehead atoms. The van der Waals surface area contributed by atoms with Gasteiger partial charge in [-0.25, -0.2) is 4.98 Å². The van der Waals surface area contributed by atoms with Crippen molar-refractivity contribution < 1.29 is 0 Å². The van der Waals surface area contributed by atoms with E-state index in [-0.39, 0.29) is 0 Å². The molecule has 7 nitrogen and oxygen atoms in total. The van der Waals surface area contributed by atoms with Crippen molar-refractivity contribution in [3.63, 3.8) is 0 Å². The Morgan fingerprint density at radius 2 is 1.90 bits per heavy atom. The Kier molecular flexibility index (Phi) is 3.55. The van der Waals surface area contributed by atoms with Crippen molar-refractivity contribution in [2.45, 2.75) is 10.1 Å². The third-order valence-corrected chi connectivity index (χ3v) is 3.29. The quantitative estimate of drug-likeness (QED) is 0.780.